The Bertz CT molecular complexity index is 3040. The van der Waals surface area contributed by atoms with E-state index >= 15 is 0 Å². The van der Waals surface area contributed by atoms with Crippen molar-refractivity contribution in [1.29, 1.82) is 0 Å². The lowest BCUT2D eigenvalue weighted by atomic mass is 9.73. The molecule has 11 heteroatoms. The third-order valence-electron chi connectivity index (χ3n) is 11.4. The van der Waals surface area contributed by atoms with E-state index in [1.807, 2.05) is 38.1 Å². The summed E-state index contributed by atoms with van der Waals surface area (Å²) in [5.74, 6) is -0.314. The number of aryl methyl sites for hydroxylation is 2. The number of rotatable bonds is 13. The molecule has 8 aromatic carbocycles. The molecule has 0 N–H and O–H groups in total. The highest BCUT2D eigenvalue weighted by Gasteiger charge is 2.72. The van der Waals surface area contributed by atoms with E-state index in [2.05, 4.69) is 0 Å². The number of hydrogen-bond donors (Lipinski definition) is 0. The molecule has 0 aliphatic carbocycles. The fourth-order valence-corrected chi connectivity index (χ4v) is 7.79. The summed E-state index contributed by atoms with van der Waals surface area (Å²) in [7, 11) is 0. The molecule has 0 heterocycles. The van der Waals surface area contributed by atoms with Crippen molar-refractivity contribution in [3.8, 4) is 34.1 Å². The van der Waals surface area contributed by atoms with Crippen LogP contribution in [0.25, 0.3) is 11.1 Å². The van der Waals surface area contributed by atoms with Gasteiger partial charge in [0.15, 0.2) is 17.3 Å². The van der Waals surface area contributed by atoms with Crippen molar-refractivity contribution in [2.75, 3.05) is 0 Å². The minimum atomic E-state index is -5.83. The van der Waals surface area contributed by atoms with E-state index in [0.29, 0.717) is 33.4 Å². The summed E-state index contributed by atoms with van der Waals surface area (Å²) in [6.07, 6.45) is -11.7. The Morgan fingerprint density at radius 3 is 1.12 bits per heavy atom. The molecule has 0 bridgehead atoms. The van der Waals surface area contributed by atoms with Crippen LogP contribution in [0.15, 0.2) is 194 Å². The standard InChI is InChI=1S/C56H38F6O5/c1-35-8-11-39(12-9-35)51(63)41-18-26-46(27-19-41)66-48-30-22-44(23-31-48)54(55(57,58)59,56(60,61)62)45-24-32-49(33-25-45)67-47-28-20-42(21-29-47)52(64)40-16-14-37(15-17-40)43-13-10-36(2)50(34-43)53(65)38-6-4-3-5-7-38/h3-34H,1-2H3. The van der Waals surface area contributed by atoms with Crippen LogP contribution in [0, 0.1) is 13.8 Å². The number of ketones is 3. The molecule has 8 aromatic rings. The highest BCUT2D eigenvalue weighted by Crippen LogP contribution is 2.56. The summed E-state index contributed by atoms with van der Waals surface area (Å²) in [5.41, 5.74) is -0.484. The number of alkyl halides is 6. The number of ether oxygens (including phenoxy) is 2. The Kier molecular flexibility index (Phi) is 12.5. The minimum Gasteiger partial charge on any atom is -0.457 e. The first kappa shape index (κ1) is 45.5. The Morgan fingerprint density at radius 2 is 0.716 bits per heavy atom. The van der Waals surface area contributed by atoms with Gasteiger partial charge in [0.1, 0.15) is 23.0 Å². The predicted molar refractivity (Wildman–Crippen MR) is 243 cm³/mol. The van der Waals surface area contributed by atoms with Crippen molar-refractivity contribution >= 4 is 17.3 Å². The van der Waals surface area contributed by atoms with Gasteiger partial charge in [0, 0.05) is 33.4 Å². The number of hydrogen-bond acceptors (Lipinski definition) is 5. The summed E-state index contributed by atoms with van der Waals surface area (Å²) >= 11 is 0. The van der Waals surface area contributed by atoms with Crippen LogP contribution in [0.4, 0.5) is 26.3 Å². The maximum atomic E-state index is 15.0. The van der Waals surface area contributed by atoms with Crippen LogP contribution in [-0.4, -0.2) is 29.7 Å². The second-order valence-electron chi connectivity index (χ2n) is 15.9. The maximum absolute atomic E-state index is 15.0. The van der Waals surface area contributed by atoms with Crippen molar-refractivity contribution in [1.82, 2.24) is 0 Å². The second-order valence-corrected chi connectivity index (χ2v) is 15.9. The molecule has 0 saturated heterocycles. The number of carbonyl (C=O) groups excluding carboxylic acids is 3. The smallest absolute Gasteiger partial charge is 0.411 e. The molecular weight excluding hydrogens is 867 g/mol. The molecule has 67 heavy (non-hydrogen) atoms. The SMILES string of the molecule is Cc1ccc(C(=O)c2ccc(Oc3ccc(C(c4ccc(Oc5ccc(C(=O)c6ccc(-c7ccc(C)c(C(=O)c8ccccc8)c7)cc6)cc5)cc4)(C(F)(F)F)C(F)(F)F)cc3)cc2)cc1. The first-order valence-electron chi connectivity index (χ1n) is 20.9. The van der Waals surface area contributed by atoms with Gasteiger partial charge in [0.05, 0.1) is 0 Å². The molecule has 0 spiro atoms. The van der Waals surface area contributed by atoms with Crippen LogP contribution in [-0.2, 0) is 5.41 Å². The van der Waals surface area contributed by atoms with Gasteiger partial charge < -0.3 is 9.47 Å². The first-order chi connectivity index (χ1) is 32.0. The molecule has 0 radical (unpaired) electrons. The lowest BCUT2D eigenvalue weighted by Gasteiger charge is -2.38. The lowest BCUT2D eigenvalue weighted by molar-refractivity contribution is -0.288. The Balaban J connectivity index is 0.947. The van der Waals surface area contributed by atoms with Gasteiger partial charge in [0.2, 0.25) is 5.41 Å². The molecule has 334 valence electrons. The van der Waals surface area contributed by atoms with Crippen LogP contribution in [0.5, 0.6) is 23.0 Å². The third kappa shape index (κ3) is 9.40. The topological polar surface area (TPSA) is 69.7 Å². The second kappa shape index (κ2) is 18.4. The van der Waals surface area contributed by atoms with Crippen LogP contribution in [0.2, 0.25) is 0 Å². The summed E-state index contributed by atoms with van der Waals surface area (Å²) in [6, 6.07) is 47.4. The summed E-state index contributed by atoms with van der Waals surface area (Å²) in [5, 5.41) is 0. The van der Waals surface area contributed by atoms with Gasteiger partial charge in [-0.3, -0.25) is 14.4 Å². The fourth-order valence-electron chi connectivity index (χ4n) is 7.79. The van der Waals surface area contributed by atoms with Gasteiger partial charge in [0.25, 0.3) is 0 Å². The molecule has 0 aromatic heterocycles. The van der Waals surface area contributed by atoms with Gasteiger partial charge in [-0.15, -0.1) is 0 Å². The van der Waals surface area contributed by atoms with E-state index < -0.39 is 28.9 Å². The number of benzene rings is 8. The van der Waals surface area contributed by atoms with E-state index in [4.69, 9.17) is 9.47 Å². The van der Waals surface area contributed by atoms with Crippen molar-refractivity contribution in [2.45, 2.75) is 31.6 Å². The maximum Gasteiger partial charge on any atom is 0.411 e. The molecule has 0 saturated carbocycles. The Morgan fingerprint density at radius 1 is 0.373 bits per heavy atom. The zero-order chi connectivity index (χ0) is 47.5. The molecule has 0 fully saturated rings. The molecule has 5 nitrogen and oxygen atoms in total. The van der Waals surface area contributed by atoms with Gasteiger partial charge >= 0.3 is 12.4 Å². The summed E-state index contributed by atoms with van der Waals surface area (Å²) < 4.78 is 101. The van der Waals surface area contributed by atoms with Crippen LogP contribution in [0.3, 0.4) is 0 Å². The van der Waals surface area contributed by atoms with Crippen LogP contribution >= 0.6 is 0 Å². The van der Waals surface area contributed by atoms with E-state index in [0.717, 1.165) is 70.8 Å². The molecule has 0 amide bonds. The third-order valence-corrected chi connectivity index (χ3v) is 11.4. The zero-order valence-electron chi connectivity index (χ0n) is 35.8. The van der Waals surface area contributed by atoms with E-state index in [9.17, 15) is 40.7 Å². The van der Waals surface area contributed by atoms with E-state index in [-0.39, 0.29) is 40.3 Å². The van der Waals surface area contributed by atoms with Gasteiger partial charge in [-0.2, -0.15) is 26.3 Å². The van der Waals surface area contributed by atoms with Crippen LogP contribution < -0.4 is 9.47 Å². The molecule has 0 aliphatic rings. The molecule has 0 atom stereocenters. The fraction of sp³-hybridized carbons (Fsp3) is 0.0893. The van der Waals surface area contributed by atoms with Crippen molar-refractivity contribution < 1.29 is 50.2 Å². The molecular formula is C56H38F6O5. The highest BCUT2D eigenvalue weighted by atomic mass is 19.4. The van der Waals surface area contributed by atoms with Gasteiger partial charge in [-0.1, -0.05) is 121 Å². The lowest BCUT2D eigenvalue weighted by Crippen LogP contribution is -2.54. The minimum absolute atomic E-state index is 0.0277. The van der Waals surface area contributed by atoms with Gasteiger partial charge in [-0.25, -0.2) is 0 Å². The monoisotopic (exact) mass is 904 g/mol. The van der Waals surface area contributed by atoms with E-state index in [1.54, 1.807) is 72.8 Å². The number of halogens is 6. The van der Waals surface area contributed by atoms with Crippen molar-refractivity contribution in [3.63, 3.8) is 0 Å². The first-order valence-corrected chi connectivity index (χ1v) is 20.9. The van der Waals surface area contributed by atoms with Crippen LogP contribution in [0.1, 0.15) is 70.0 Å². The molecule has 0 unspecified atom stereocenters. The zero-order valence-corrected chi connectivity index (χ0v) is 35.8. The largest absolute Gasteiger partial charge is 0.457 e. The summed E-state index contributed by atoms with van der Waals surface area (Å²) in [4.78, 5) is 39.5. The van der Waals surface area contributed by atoms with Crippen molar-refractivity contribution in [3.05, 3.63) is 250 Å². The average Bonchev–Trinajstić information content (AvgIpc) is 3.32. The normalized spacial score (nSPS) is 11.8. The average molecular weight is 905 g/mol. The molecule has 8 rings (SSSR count). The summed E-state index contributed by atoms with van der Waals surface area (Å²) in [6.45, 7) is 3.76. The Hall–Kier alpha value is -8.05. The number of carbonyl (C=O) groups is 3. The predicted octanol–water partition coefficient (Wildman–Crippen LogP) is 14.7. The van der Waals surface area contributed by atoms with E-state index in [1.165, 1.54) is 48.5 Å². The molecule has 0 aliphatic heterocycles. The highest BCUT2D eigenvalue weighted by molar-refractivity contribution is 6.11. The van der Waals surface area contributed by atoms with Gasteiger partial charge in [-0.05, 0) is 121 Å². The van der Waals surface area contributed by atoms with Crippen molar-refractivity contribution in [2.24, 2.45) is 0 Å². The quantitative estimate of drug-likeness (QED) is 0.0851. The Labute approximate surface area is 381 Å².